The van der Waals surface area contributed by atoms with Crippen LogP contribution in [0.25, 0.3) is 0 Å². The summed E-state index contributed by atoms with van der Waals surface area (Å²) < 4.78 is 81.7. The predicted molar refractivity (Wildman–Crippen MR) is 115 cm³/mol. The molecule has 1 heterocycles. The predicted octanol–water partition coefficient (Wildman–Crippen LogP) is 3.06. The smallest absolute Gasteiger partial charge is 0.444 e. The maximum atomic E-state index is 13.5. The van der Waals surface area contributed by atoms with Gasteiger partial charge in [-0.25, -0.2) is 4.79 Å². The van der Waals surface area contributed by atoms with Crippen LogP contribution in [0.1, 0.15) is 43.0 Å². The van der Waals surface area contributed by atoms with E-state index in [2.05, 4.69) is 4.18 Å². The van der Waals surface area contributed by atoms with E-state index in [-0.39, 0.29) is 35.5 Å². The van der Waals surface area contributed by atoms with E-state index in [1.165, 1.54) is 18.7 Å². The zero-order valence-electron chi connectivity index (χ0n) is 18.9. The highest BCUT2D eigenvalue weighted by molar-refractivity contribution is 7.85. The first-order chi connectivity index (χ1) is 14.4. The van der Waals surface area contributed by atoms with Gasteiger partial charge in [-0.2, -0.15) is 16.8 Å². The maximum absolute atomic E-state index is 13.5. The minimum Gasteiger partial charge on any atom is -0.444 e. The second-order valence-electron chi connectivity index (χ2n) is 8.65. The van der Waals surface area contributed by atoms with Crippen molar-refractivity contribution in [1.29, 1.82) is 0 Å². The summed E-state index contributed by atoms with van der Waals surface area (Å²) in [5, 5.41) is 0. The Morgan fingerprint density at radius 1 is 0.938 bits per heavy atom. The van der Waals surface area contributed by atoms with Crippen LogP contribution in [0.4, 0.5) is 18.3 Å². The van der Waals surface area contributed by atoms with E-state index in [1.54, 1.807) is 32.6 Å². The van der Waals surface area contributed by atoms with Gasteiger partial charge in [-0.3, -0.25) is 0 Å². The van der Waals surface area contributed by atoms with Crippen LogP contribution in [0, 0.1) is 20.8 Å². The summed E-state index contributed by atoms with van der Waals surface area (Å²) in [4.78, 5) is 15.6. The highest BCUT2D eigenvalue weighted by Crippen LogP contribution is 2.40. The normalized spacial score (nSPS) is 15.6. The highest BCUT2D eigenvalue weighted by atomic mass is 32.3. The van der Waals surface area contributed by atoms with Gasteiger partial charge in [-0.1, -0.05) is 3.89 Å². The molecule has 0 N–H and O–H groups in total. The van der Waals surface area contributed by atoms with Gasteiger partial charge < -0.3 is 18.7 Å². The fourth-order valence-corrected chi connectivity index (χ4v) is 4.99. The molecular weight excluding hydrogens is 470 g/mol. The lowest BCUT2D eigenvalue weighted by molar-refractivity contribution is 0.0240. The lowest BCUT2D eigenvalue weighted by atomic mass is 9.95. The van der Waals surface area contributed by atoms with Crippen molar-refractivity contribution in [2.45, 2.75) is 52.9 Å². The van der Waals surface area contributed by atoms with Crippen LogP contribution in [-0.2, 0) is 31.2 Å². The number of rotatable bonds is 5. The van der Waals surface area contributed by atoms with Crippen LogP contribution in [0.2, 0.25) is 0 Å². The Labute approximate surface area is 187 Å². The van der Waals surface area contributed by atoms with Gasteiger partial charge in [0.1, 0.15) is 11.4 Å². The molecule has 0 saturated carbocycles. The third kappa shape index (κ3) is 6.67. The molecular formula is C19H28F2N2O7S2. The summed E-state index contributed by atoms with van der Waals surface area (Å²) in [6.45, 7) is 10.8. The van der Waals surface area contributed by atoms with Gasteiger partial charge in [0.2, 0.25) is 0 Å². The topological polar surface area (TPSA) is 110 Å². The van der Waals surface area contributed by atoms with Crippen LogP contribution >= 0.6 is 0 Å². The molecule has 0 radical (unpaired) electrons. The third-order valence-electron chi connectivity index (χ3n) is 5.04. The summed E-state index contributed by atoms with van der Waals surface area (Å²) in [6.07, 6.45) is -0.480. The van der Waals surface area contributed by atoms with Crippen molar-refractivity contribution in [1.82, 2.24) is 4.90 Å². The number of benzene rings is 1. The molecule has 182 valence electrons. The van der Waals surface area contributed by atoms with E-state index in [4.69, 9.17) is 4.74 Å². The molecule has 0 aromatic heterocycles. The molecule has 1 aromatic carbocycles. The second-order valence-corrected chi connectivity index (χ2v) is 11.0. The van der Waals surface area contributed by atoms with Crippen molar-refractivity contribution in [2.24, 2.45) is 0 Å². The van der Waals surface area contributed by atoms with E-state index in [0.29, 0.717) is 24.3 Å². The van der Waals surface area contributed by atoms with Crippen molar-refractivity contribution in [3.05, 3.63) is 22.3 Å². The number of halogens is 2. The molecule has 1 aromatic rings. The number of anilines is 1. The number of hydrogen-bond donors (Lipinski definition) is 0. The van der Waals surface area contributed by atoms with Gasteiger partial charge in [0.15, 0.2) is 5.75 Å². The molecule has 1 aliphatic heterocycles. The SMILES string of the molecule is Cc1c(CS(=O)(=O)F)c(C)c(N2CCN(C(=O)OC(C)(C)C)CC2)c(C)c1OS(=O)(=O)F. The Kier molecular flexibility index (Phi) is 7.35. The number of carbonyl (C=O) groups excluding carboxylic acids is 1. The van der Waals surface area contributed by atoms with Crippen molar-refractivity contribution in [2.75, 3.05) is 31.1 Å². The molecule has 0 unspecified atom stereocenters. The van der Waals surface area contributed by atoms with Crippen LogP contribution in [-0.4, -0.2) is 59.6 Å². The van der Waals surface area contributed by atoms with Crippen molar-refractivity contribution >= 4 is 32.5 Å². The minimum atomic E-state index is -5.41. The summed E-state index contributed by atoms with van der Waals surface area (Å²) in [5.41, 5.74) is 0.397. The summed E-state index contributed by atoms with van der Waals surface area (Å²) in [6, 6.07) is 0. The molecule has 1 amide bonds. The zero-order valence-corrected chi connectivity index (χ0v) is 20.5. The lowest BCUT2D eigenvalue weighted by Gasteiger charge is -2.38. The van der Waals surface area contributed by atoms with Gasteiger partial charge in [0.05, 0.1) is 0 Å². The second kappa shape index (κ2) is 9.00. The van der Waals surface area contributed by atoms with E-state index < -0.39 is 38.2 Å². The molecule has 9 nitrogen and oxygen atoms in total. The zero-order chi connectivity index (χ0) is 24.6. The first-order valence-corrected chi connectivity index (χ1v) is 12.7. The molecule has 1 saturated heterocycles. The summed E-state index contributed by atoms with van der Waals surface area (Å²) in [7, 11) is -10.4. The van der Waals surface area contributed by atoms with Crippen molar-refractivity contribution in [3.63, 3.8) is 0 Å². The van der Waals surface area contributed by atoms with Gasteiger partial charge >= 0.3 is 26.8 Å². The molecule has 1 aliphatic rings. The number of ether oxygens (including phenoxy) is 1. The fraction of sp³-hybridized carbons (Fsp3) is 0.632. The average molecular weight is 499 g/mol. The van der Waals surface area contributed by atoms with Gasteiger partial charge in [-0.15, -0.1) is 3.89 Å². The Bertz CT molecular complexity index is 1040. The number of nitrogens with zero attached hydrogens (tertiary/aromatic N) is 2. The number of amides is 1. The Hall–Kier alpha value is -2.15. The highest BCUT2D eigenvalue weighted by Gasteiger charge is 2.31. The first kappa shape index (κ1) is 26.1. The molecule has 0 aliphatic carbocycles. The first-order valence-electron chi connectivity index (χ1n) is 9.81. The van der Waals surface area contributed by atoms with Crippen LogP contribution in [0.3, 0.4) is 0 Å². The standard InChI is InChI=1S/C19H28F2N2O7S2/c1-12-15(11-31(20,25)26)13(2)17(30-32(21,27)28)14(3)16(12)22-7-9-23(10-8-22)18(24)29-19(4,5)6/h7-11H2,1-6H3. The molecule has 13 heteroatoms. The Morgan fingerprint density at radius 2 is 1.47 bits per heavy atom. The van der Waals surface area contributed by atoms with Crippen LogP contribution in [0.5, 0.6) is 5.75 Å². The van der Waals surface area contributed by atoms with Gasteiger partial charge in [-0.05, 0) is 58.2 Å². The van der Waals surface area contributed by atoms with Crippen molar-refractivity contribution in [3.8, 4) is 5.75 Å². The van der Waals surface area contributed by atoms with Crippen molar-refractivity contribution < 1.29 is 38.3 Å². The Morgan fingerprint density at radius 3 is 1.91 bits per heavy atom. The number of hydrogen-bond acceptors (Lipinski definition) is 8. The quantitative estimate of drug-likeness (QED) is 0.570. The molecule has 2 rings (SSSR count). The summed E-state index contributed by atoms with van der Waals surface area (Å²) in [5.74, 6) is -1.40. The number of piperazine rings is 1. The average Bonchev–Trinajstić information content (AvgIpc) is 2.60. The molecule has 32 heavy (non-hydrogen) atoms. The van der Waals surface area contributed by atoms with E-state index in [9.17, 15) is 29.4 Å². The third-order valence-corrected chi connectivity index (χ3v) is 6.04. The van der Waals surface area contributed by atoms with Crippen LogP contribution < -0.4 is 9.08 Å². The minimum absolute atomic E-state index is 0.0126. The van der Waals surface area contributed by atoms with Crippen LogP contribution in [0.15, 0.2) is 0 Å². The maximum Gasteiger partial charge on any atom is 0.488 e. The monoisotopic (exact) mass is 498 g/mol. The van der Waals surface area contributed by atoms with E-state index in [0.717, 1.165) is 0 Å². The van der Waals surface area contributed by atoms with Gasteiger partial charge in [0.25, 0.3) is 0 Å². The van der Waals surface area contributed by atoms with Gasteiger partial charge in [0, 0.05) is 37.4 Å². The molecule has 0 atom stereocenters. The molecule has 0 bridgehead atoms. The number of carbonyl (C=O) groups is 1. The lowest BCUT2D eigenvalue weighted by Crippen LogP contribution is -2.50. The molecule has 0 spiro atoms. The Balaban J connectivity index is 2.46. The largest absolute Gasteiger partial charge is 0.488 e. The van der Waals surface area contributed by atoms with E-state index >= 15 is 0 Å². The molecule has 1 fully saturated rings. The summed E-state index contributed by atoms with van der Waals surface area (Å²) >= 11 is 0. The fourth-order valence-electron chi connectivity index (χ4n) is 3.76. The van der Waals surface area contributed by atoms with E-state index in [1.807, 2.05) is 0 Å².